The Morgan fingerprint density at radius 3 is 2.61 bits per heavy atom. The second-order valence-corrected chi connectivity index (χ2v) is 3.61. The van der Waals surface area contributed by atoms with Crippen LogP contribution in [0, 0.1) is 6.92 Å². The summed E-state index contributed by atoms with van der Waals surface area (Å²) in [5.74, 6) is 1.42. The average Bonchev–Trinajstić information content (AvgIpc) is 2.83. The van der Waals surface area contributed by atoms with E-state index >= 15 is 0 Å². The van der Waals surface area contributed by atoms with Crippen molar-refractivity contribution in [1.29, 1.82) is 0 Å². The molecule has 6 heteroatoms. The minimum atomic E-state index is -0.174. The van der Waals surface area contributed by atoms with Crippen molar-refractivity contribution in [1.82, 2.24) is 15.5 Å². The van der Waals surface area contributed by atoms with Crippen LogP contribution in [0.4, 0.5) is 0 Å². The Balaban J connectivity index is 2.03. The molecular weight excluding hydrogens is 234 g/mol. The molecule has 1 aromatic heterocycles. The van der Waals surface area contributed by atoms with Crippen molar-refractivity contribution in [2.24, 2.45) is 0 Å². The van der Waals surface area contributed by atoms with Crippen molar-refractivity contribution >= 4 is 5.91 Å². The van der Waals surface area contributed by atoms with Crippen LogP contribution in [0.1, 0.15) is 5.89 Å². The van der Waals surface area contributed by atoms with Gasteiger partial charge in [0, 0.05) is 19.5 Å². The molecule has 0 fully saturated rings. The SMILES string of the molecule is CNC(=O)COc1ccc(-c2nnc(C)o2)cc1. The maximum absolute atomic E-state index is 11.0. The molecule has 0 radical (unpaired) electrons. The monoisotopic (exact) mass is 247 g/mol. The highest BCUT2D eigenvalue weighted by Gasteiger charge is 2.06. The molecule has 0 atom stereocenters. The molecule has 0 aliphatic carbocycles. The van der Waals surface area contributed by atoms with Crippen LogP contribution in [0.5, 0.6) is 5.75 Å². The molecule has 0 saturated heterocycles. The Morgan fingerprint density at radius 1 is 1.33 bits per heavy atom. The number of hydrogen-bond donors (Lipinski definition) is 1. The van der Waals surface area contributed by atoms with Gasteiger partial charge < -0.3 is 14.5 Å². The van der Waals surface area contributed by atoms with E-state index in [4.69, 9.17) is 9.15 Å². The first kappa shape index (κ1) is 12.1. The third-order valence-corrected chi connectivity index (χ3v) is 2.28. The van der Waals surface area contributed by atoms with Gasteiger partial charge in [0.1, 0.15) is 5.75 Å². The minimum absolute atomic E-state index is 0.00445. The van der Waals surface area contributed by atoms with Gasteiger partial charge in [-0.05, 0) is 24.3 Å². The number of ether oxygens (including phenoxy) is 1. The minimum Gasteiger partial charge on any atom is -0.484 e. The maximum Gasteiger partial charge on any atom is 0.257 e. The molecule has 6 nitrogen and oxygen atoms in total. The van der Waals surface area contributed by atoms with Gasteiger partial charge in [0.15, 0.2) is 6.61 Å². The lowest BCUT2D eigenvalue weighted by atomic mass is 10.2. The van der Waals surface area contributed by atoms with Gasteiger partial charge in [-0.2, -0.15) is 0 Å². The van der Waals surface area contributed by atoms with Crippen LogP contribution < -0.4 is 10.1 Å². The van der Waals surface area contributed by atoms with Crippen LogP contribution in [0.2, 0.25) is 0 Å². The van der Waals surface area contributed by atoms with Gasteiger partial charge in [0.25, 0.3) is 5.91 Å². The molecule has 0 unspecified atom stereocenters. The lowest BCUT2D eigenvalue weighted by Crippen LogP contribution is -2.24. The highest BCUT2D eigenvalue weighted by Crippen LogP contribution is 2.20. The van der Waals surface area contributed by atoms with Crippen molar-refractivity contribution in [2.75, 3.05) is 13.7 Å². The van der Waals surface area contributed by atoms with E-state index in [1.165, 1.54) is 0 Å². The van der Waals surface area contributed by atoms with Gasteiger partial charge >= 0.3 is 0 Å². The molecule has 2 rings (SSSR count). The van der Waals surface area contributed by atoms with E-state index in [1.54, 1.807) is 38.2 Å². The largest absolute Gasteiger partial charge is 0.484 e. The van der Waals surface area contributed by atoms with Crippen molar-refractivity contribution in [3.63, 3.8) is 0 Å². The molecule has 1 heterocycles. The number of carbonyl (C=O) groups is 1. The van der Waals surface area contributed by atoms with Gasteiger partial charge in [0.2, 0.25) is 11.8 Å². The van der Waals surface area contributed by atoms with Crippen LogP contribution in [0.25, 0.3) is 11.5 Å². The lowest BCUT2D eigenvalue weighted by molar-refractivity contribution is -0.122. The van der Waals surface area contributed by atoms with Gasteiger partial charge in [-0.25, -0.2) is 0 Å². The van der Waals surface area contributed by atoms with E-state index in [9.17, 15) is 4.79 Å². The van der Waals surface area contributed by atoms with Gasteiger partial charge in [-0.1, -0.05) is 0 Å². The summed E-state index contributed by atoms with van der Waals surface area (Å²) in [6, 6.07) is 7.09. The van der Waals surface area contributed by atoms with Crippen molar-refractivity contribution in [2.45, 2.75) is 6.92 Å². The predicted octanol–water partition coefficient (Wildman–Crippen LogP) is 1.17. The lowest BCUT2D eigenvalue weighted by Gasteiger charge is -2.04. The molecule has 1 N–H and O–H groups in total. The number of aromatic nitrogens is 2. The summed E-state index contributed by atoms with van der Waals surface area (Å²) < 4.78 is 10.6. The number of nitrogens with one attached hydrogen (secondary N) is 1. The van der Waals surface area contributed by atoms with E-state index in [0.29, 0.717) is 17.5 Å². The molecule has 0 saturated carbocycles. The normalized spacial score (nSPS) is 10.1. The number of amides is 1. The number of hydrogen-bond acceptors (Lipinski definition) is 5. The van der Waals surface area contributed by atoms with Gasteiger partial charge in [-0.15, -0.1) is 10.2 Å². The van der Waals surface area contributed by atoms with Crippen LogP contribution in [0.3, 0.4) is 0 Å². The predicted molar refractivity (Wildman–Crippen MR) is 64.0 cm³/mol. The Labute approximate surface area is 104 Å². The third kappa shape index (κ3) is 2.85. The van der Waals surface area contributed by atoms with E-state index in [0.717, 1.165) is 5.56 Å². The fourth-order valence-corrected chi connectivity index (χ4v) is 1.33. The summed E-state index contributed by atoms with van der Waals surface area (Å²) in [6.07, 6.45) is 0. The maximum atomic E-state index is 11.0. The van der Waals surface area contributed by atoms with E-state index in [1.807, 2.05) is 0 Å². The van der Waals surface area contributed by atoms with E-state index < -0.39 is 0 Å². The zero-order valence-electron chi connectivity index (χ0n) is 10.1. The zero-order chi connectivity index (χ0) is 13.0. The third-order valence-electron chi connectivity index (χ3n) is 2.28. The van der Waals surface area contributed by atoms with Crippen LogP contribution in [-0.2, 0) is 4.79 Å². The number of carbonyl (C=O) groups excluding carboxylic acids is 1. The standard InChI is InChI=1S/C12H13N3O3/c1-8-14-15-12(18-8)9-3-5-10(6-4-9)17-7-11(16)13-2/h3-6H,7H2,1-2H3,(H,13,16). The number of likely N-dealkylation sites (N-methyl/N-ethyl adjacent to an activating group) is 1. The fraction of sp³-hybridized carbons (Fsp3) is 0.250. The van der Waals surface area contributed by atoms with Crippen molar-refractivity contribution in [3.8, 4) is 17.2 Å². The van der Waals surface area contributed by atoms with Crippen LogP contribution >= 0.6 is 0 Å². The summed E-state index contributed by atoms with van der Waals surface area (Å²) in [6.45, 7) is 1.73. The Kier molecular flexibility index (Phi) is 3.57. The smallest absolute Gasteiger partial charge is 0.257 e. The summed E-state index contributed by atoms with van der Waals surface area (Å²) in [7, 11) is 1.56. The molecule has 0 aliphatic rings. The van der Waals surface area contributed by atoms with Crippen LogP contribution in [-0.4, -0.2) is 29.8 Å². The average molecular weight is 247 g/mol. The number of rotatable bonds is 4. The Morgan fingerprint density at radius 2 is 2.06 bits per heavy atom. The summed E-state index contributed by atoms with van der Waals surface area (Å²) >= 11 is 0. The van der Waals surface area contributed by atoms with E-state index in [-0.39, 0.29) is 12.5 Å². The number of nitrogens with zero attached hydrogens (tertiary/aromatic N) is 2. The summed E-state index contributed by atoms with van der Waals surface area (Å²) in [5, 5.41) is 10.1. The topological polar surface area (TPSA) is 77.2 Å². The molecule has 18 heavy (non-hydrogen) atoms. The molecule has 0 spiro atoms. The molecule has 0 bridgehead atoms. The van der Waals surface area contributed by atoms with Crippen molar-refractivity contribution in [3.05, 3.63) is 30.2 Å². The first-order valence-corrected chi connectivity index (χ1v) is 5.43. The van der Waals surface area contributed by atoms with Gasteiger partial charge in [0.05, 0.1) is 0 Å². The second kappa shape index (κ2) is 5.31. The second-order valence-electron chi connectivity index (χ2n) is 3.61. The Hall–Kier alpha value is -2.37. The first-order valence-electron chi connectivity index (χ1n) is 5.43. The molecule has 2 aromatic rings. The fourth-order valence-electron chi connectivity index (χ4n) is 1.33. The highest BCUT2D eigenvalue weighted by atomic mass is 16.5. The highest BCUT2D eigenvalue weighted by molar-refractivity contribution is 5.77. The van der Waals surface area contributed by atoms with Crippen LogP contribution in [0.15, 0.2) is 28.7 Å². The molecule has 94 valence electrons. The molecule has 1 aromatic carbocycles. The summed E-state index contributed by atoms with van der Waals surface area (Å²) in [5.41, 5.74) is 0.808. The molecular formula is C12H13N3O3. The van der Waals surface area contributed by atoms with E-state index in [2.05, 4.69) is 15.5 Å². The van der Waals surface area contributed by atoms with Gasteiger partial charge in [-0.3, -0.25) is 4.79 Å². The Bertz CT molecular complexity index is 534. The number of benzene rings is 1. The van der Waals surface area contributed by atoms with Crippen molar-refractivity contribution < 1.29 is 13.9 Å². The molecule has 1 amide bonds. The summed E-state index contributed by atoms with van der Waals surface area (Å²) in [4.78, 5) is 11.0. The quantitative estimate of drug-likeness (QED) is 0.877. The molecule has 0 aliphatic heterocycles. The zero-order valence-corrected chi connectivity index (χ0v) is 10.1. The first-order chi connectivity index (χ1) is 8.69. The number of aryl methyl sites for hydroxylation is 1.